The maximum Gasteiger partial charge on any atom is 0.315 e. The summed E-state index contributed by atoms with van der Waals surface area (Å²) in [5, 5.41) is 5.94. The van der Waals surface area contributed by atoms with Crippen molar-refractivity contribution in [1.29, 1.82) is 0 Å². The van der Waals surface area contributed by atoms with Gasteiger partial charge >= 0.3 is 6.03 Å². The molecule has 1 aliphatic carbocycles. The summed E-state index contributed by atoms with van der Waals surface area (Å²) in [6.07, 6.45) is 5.37. The molecular formula is C18H28N4O2. The van der Waals surface area contributed by atoms with E-state index in [9.17, 15) is 9.59 Å². The normalized spacial score (nSPS) is 27.2. The number of nitrogens with zero attached hydrogens (tertiary/aromatic N) is 2. The summed E-state index contributed by atoms with van der Waals surface area (Å²) in [6, 6.07) is 4.39. The van der Waals surface area contributed by atoms with Gasteiger partial charge in [0.25, 0.3) is 0 Å². The van der Waals surface area contributed by atoms with Gasteiger partial charge in [0.15, 0.2) is 0 Å². The van der Waals surface area contributed by atoms with Crippen LogP contribution in [0.4, 0.5) is 4.79 Å². The number of carbonyl (C=O) groups is 2. The molecule has 1 saturated carbocycles. The average molecular weight is 332 g/mol. The molecule has 3 rings (SSSR count). The number of carbonyl (C=O) groups excluding carboxylic acids is 2. The van der Waals surface area contributed by atoms with Gasteiger partial charge in [-0.1, -0.05) is 6.92 Å². The van der Waals surface area contributed by atoms with Gasteiger partial charge in [0.05, 0.1) is 6.04 Å². The quantitative estimate of drug-likeness (QED) is 0.832. The van der Waals surface area contributed by atoms with Crippen molar-refractivity contribution in [3.8, 4) is 0 Å². The number of likely N-dealkylation sites (tertiary alicyclic amines) is 1. The first-order chi connectivity index (χ1) is 11.4. The van der Waals surface area contributed by atoms with Crippen LogP contribution in [0, 0.1) is 5.92 Å². The molecule has 0 bridgehead atoms. The van der Waals surface area contributed by atoms with E-state index in [-0.39, 0.29) is 24.0 Å². The fraction of sp³-hybridized carbons (Fsp3) is 0.667. The Balaban J connectivity index is 1.39. The van der Waals surface area contributed by atoms with Crippen LogP contribution in [0.25, 0.3) is 0 Å². The fourth-order valence-corrected chi connectivity index (χ4v) is 3.53. The molecule has 2 fully saturated rings. The van der Waals surface area contributed by atoms with Crippen molar-refractivity contribution < 1.29 is 9.59 Å². The number of hydrogen-bond acceptors (Lipinski definition) is 2. The van der Waals surface area contributed by atoms with Crippen molar-refractivity contribution in [3.05, 3.63) is 24.0 Å². The Hall–Kier alpha value is -1.98. The molecule has 0 spiro atoms. The van der Waals surface area contributed by atoms with Crippen molar-refractivity contribution in [2.45, 2.75) is 57.7 Å². The highest BCUT2D eigenvalue weighted by molar-refractivity contribution is 5.82. The minimum atomic E-state index is -0.169. The van der Waals surface area contributed by atoms with Gasteiger partial charge in [-0.15, -0.1) is 0 Å². The van der Waals surface area contributed by atoms with Crippen LogP contribution in [-0.2, 0) is 18.3 Å². The molecule has 6 nitrogen and oxygen atoms in total. The Morgan fingerprint density at radius 1 is 1.46 bits per heavy atom. The standard InChI is InChI=1S/C18H28N4O2/c1-12-9-16(12)22-11-14(10-17(22)23)20-18(24)19-13(2)6-7-15-5-4-8-21(15)3/h4-5,8,12-14,16H,6-7,9-11H2,1-3H3,(H2,19,20,24)/t12-,13-,14-,16+/m1/s1. The van der Waals surface area contributed by atoms with E-state index in [1.54, 1.807) is 0 Å². The Bertz CT molecular complexity index is 612. The molecule has 2 N–H and O–H groups in total. The maximum absolute atomic E-state index is 12.1. The van der Waals surface area contributed by atoms with Gasteiger partial charge in [0, 0.05) is 44.0 Å². The second kappa shape index (κ2) is 6.87. The predicted octanol–water partition coefficient (Wildman–Crippen LogP) is 1.65. The van der Waals surface area contributed by atoms with E-state index in [0.717, 1.165) is 19.3 Å². The molecule has 132 valence electrons. The topological polar surface area (TPSA) is 66.4 Å². The smallest absolute Gasteiger partial charge is 0.315 e. The number of aromatic nitrogens is 1. The molecular weight excluding hydrogens is 304 g/mol. The number of rotatable bonds is 6. The van der Waals surface area contributed by atoms with Crippen molar-refractivity contribution in [3.63, 3.8) is 0 Å². The zero-order valence-electron chi connectivity index (χ0n) is 14.8. The van der Waals surface area contributed by atoms with Crippen LogP contribution in [0.3, 0.4) is 0 Å². The van der Waals surface area contributed by atoms with Crippen LogP contribution in [0.1, 0.15) is 38.8 Å². The second-order valence-electron chi connectivity index (χ2n) is 7.40. The van der Waals surface area contributed by atoms with Crippen LogP contribution in [0.15, 0.2) is 18.3 Å². The van der Waals surface area contributed by atoms with Gasteiger partial charge in [0.2, 0.25) is 5.91 Å². The minimum Gasteiger partial charge on any atom is -0.354 e. The number of urea groups is 1. The van der Waals surface area contributed by atoms with Gasteiger partial charge < -0.3 is 20.1 Å². The molecule has 2 heterocycles. The molecule has 4 atom stereocenters. The first kappa shape index (κ1) is 16.9. The number of nitrogens with one attached hydrogen (secondary N) is 2. The van der Waals surface area contributed by atoms with E-state index in [1.807, 2.05) is 31.1 Å². The lowest BCUT2D eigenvalue weighted by Gasteiger charge is -2.19. The molecule has 1 aromatic heterocycles. The molecule has 3 amide bonds. The summed E-state index contributed by atoms with van der Waals surface area (Å²) in [5.74, 6) is 0.783. The SMILES string of the molecule is C[C@H](CCc1cccn1C)NC(=O)N[C@@H]1CC(=O)N([C@H]2C[C@H]2C)C1. The fourth-order valence-electron chi connectivity index (χ4n) is 3.53. The minimum absolute atomic E-state index is 0.0645. The number of amides is 3. The van der Waals surface area contributed by atoms with Crippen LogP contribution in [-0.4, -0.2) is 46.1 Å². The van der Waals surface area contributed by atoms with E-state index >= 15 is 0 Å². The summed E-state index contributed by atoms with van der Waals surface area (Å²) in [7, 11) is 2.03. The molecule has 6 heteroatoms. The summed E-state index contributed by atoms with van der Waals surface area (Å²) >= 11 is 0. The molecule has 0 unspecified atom stereocenters. The first-order valence-electron chi connectivity index (χ1n) is 8.90. The lowest BCUT2D eigenvalue weighted by molar-refractivity contribution is -0.128. The van der Waals surface area contributed by atoms with E-state index in [4.69, 9.17) is 0 Å². The number of hydrogen-bond donors (Lipinski definition) is 2. The highest BCUT2D eigenvalue weighted by Gasteiger charge is 2.44. The molecule has 1 aromatic rings. The van der Waals surface area contributed by atoms with Crippen LogP contribution >= 0.6 is 0 Å². The van der Waals surface area contributed by atoms with Crippen molar-refractivity contribution in [2.75, 3.05) is 6.54 Å². The van der Waals surface area contributed by atoms with Crippen molar-refractivity contribution in [2.24, 2.45) is 13.0 Å². The summed E-state index contributed by atoms with van der Waals surface area (Å²) in [4.78, 5) is 26.1. The van der Waals surface area contributed by atoms with E-state index in [0.29, 0.717) is 24.9 Å². The lowest BCUT2D eigenvalue weighted by Crippen LogP contribution is -2.46. The largest absolute Gasteiger partial charge is 0.354 e. The van der Waals surface area contributed by atoms with Crippen molar-refractivity contribution >= 4 is 11.9 Å². The zero-order valence-corrected chi connectivity index (χ0v) is 14.8. The van der Waals surface area contributed by atoms with Gasteiger partial charge in [-0.3, -0.25) is 4.79 Å². The monoisotopic (exact) mass is 332 g/mol. The third-order valence-electron chi connectivity index (χ3n) is 5.22. The Morgan fingerprint density at radius 3 is 2.83 bits per heavy atom. The third kappa shape index (κ3) is 3.91. The Morgan fingerprint density at radius 2 is 2.21 bits per heavy atom. The van der Waals surface area contributed by atoms with Crippen LogP contribution in [0.2, 0.25) is 0 Å². The Kier molecular flexibility index (Phi) is 4.83. The molecule has 2 aliphatic rings. The zero-order chi connectivity index (χ0) is 17.3. The van der Waals surface area contributed by atoms with Crippen LogP contribution < -0.4 is 10.6 Å². The highest BCUT2D eigenvalue weighted by atomic mass is 16.2. The predicted molar refractivity (Wildman–Crippen MR) is 92.6 cm³/mol. The van der Waals surface area contributed by atoms with Crippen molar-refractivity contribution in [1.82, 2.24) is 20.1 Å². The van der Waals surface area contributed by atoms with Gasteiger partial charge in [-0.2, -0.15) is 0 Å². The third-order valence-corrected chi connectivity index (χ3v) is 5.22. The lowest BCUT2D eigenvalue weighted by atomic mass is 10.1. The van der Waals surface area contributed by atoms with E-state index in [1.165, 1.54) is 5.69 Å². The average Bonchev–Trinajstić information content (AvgIpc) is 2.90. The first-order valence-corrected chi connectivity index (χ1v) is 8.90. The second-order valence-corrected chi connectivity index (χ2v) is 7.40. The molecule has 24 heavy (non-hydrogen) atoms. The highest BCUT2D eigenvalue weighted by Crippen LogP contribution is 2.37. The molecule has 1 aliphatic heterocycles. The molecule has 0 aromatic carbocycles. The van der Waals surface area contributed by atoms with Crippen LogP contribution in [0.5, 0.6) is 0 Å². The van der Waals surface area contributed by atoms with Gasteiger partial charge in [-0.05, 0) is 44.2 Å². The van der Waals surface area contributed by atoms with Gasteiger partial charge in [-0.25, -0.2) is 4.79 Å². The van der Waals surface area contributed by atoms with E-state index < -0.39 is 0 Å². The summed E-state index contributed by atoms with van der Waals surface area (Å²) < 4.78 is 2.10. The molecule has 0 radical (unpaired) electrons. The van der Waals surface area contributed by atoms with Gasteiger partial charge in [0.1, 0.15) is 0 Å². The Labute approximate surface area is 143 Å². The van der Waals surface area contributed by atoms with E-state index in [2.05, 4.69) is 28.2 Å². The summed E-state index contributed by atoms with van der Waals surface area (Å²) in [5.41, 5.74) is 1.26. The maximum atomic E-state index is 12.1. The molecule has 1 saturated heterocycles. The summed E-state index contributed by atoms with van der Waals surface area (Å²) in [6.45, 7) is 4.83. The number of aryl methyl sites for hydroxylation is 2.